The first kappa shape index (κ1) is 30.8. The fourth-order valence-electron chi connectivity index (χ4n) is 3.20. The lowest BCUT2D eigenvalue weighted by atomic mass is 9.96. The number of amides is 2. The SMILES string of the molecule is CCCOP(=O)([O-])OCCNC(=O)CCC(=O)NCCO[C@@H]1O[C@H](CO)[C@H](O)[C@H](O)[C@H]1[NH+](C)C. The molecule has 0 spiro atoms. The molecule has 1 saturated heterocycles. The van der Waals surface area contributed by atoms with Crippen LogP contribution in [0.3, 0.4) is 0 Å². The van der Waals surface area contributed by atoms with E-state index in [9.17, 15) is 34.4 Å². The first-order valence-electron chi connectivity index (χ1n) is 11.2. The number of rotatable bonds is 16. The summed E-state index contributed by atoms with van der Waals surface area (Å²) in [7, 11) is -0.850. The zero-order valence-corrected chi connectivity index (χ0v) is 20.7. The van der Waals surface area contributed by atoms with Crippen LogP contribution in [-0.2, 0) is 32.7 Å². The zero-order chi connectivity index (χ0) is 25.7. The van der Waals surface area contributed by atoms with Gasteiger partial charge in [0.15, 0.2) is 6.04 Å². The monoisotopic (exact) mass is 515 g/mol. The van der Waals surface area contributed by atoms with Crippen molar-refractivity contribution in [1.82, 2.24) is 10.6 Å². The summed E-state index contributed by atoms with van der Waals surface area (Å²) in [5, 5.41) is 34.7. The molecule has 0 radical (unpaired) electrons. The molecular weight excluding hydrogens is 477 g/mol. The van der Waals surface area contributed by atoms with Gasteiger partial charge in [-0.2, -0.15) is 0 Å². The number of likely N-dealkylation sites (N-methyl/N-ethyl adjacent to an activating group) is 1. The van der Waals surface area contributed by atoms with E-state index in [1.807, 2.05) is 0 Å². The predicted octanol–water partition coefficient (Wildman–Crippen LogP) is -4.12. The number of aliphatic hydroxyl groups is 3. The van der Waals surface area contributed by atoms with Crippen molar-refractivity contribution in [3.63, 3.8) is 0 Å². The number of hydrogen-bond acceptors (Lipinski definition) is 11. The fourth-order valence-corrected chi connectivity index (χ4v) is 3.99. The number of carbonyl (C=O) groups excluding carboxylic acids is 2. The lowest BCUT2D eigenvalue weighted by Crippen LogP contribution is -3.14. The summed E-state index contributed by atoms with van der Waals surface area (Å²) in [6.07, 6.45) is -3.97. The van der Waals surface area contributed by atoms with Gasteiger partial charge in [-0.1, -0.05) is 6.92 Å². The summed E-state index contributed by atoms with van der Waals surface area (Å²) in [5.74, 6) is -0.838. The number of aliphatic hydroxyl groups excluding tert-OH is 3. The van der Waals surface area contributed by atoms with E-state index in [0.717, 1.165) is 4.90 Å². The molecule has 0 aromatic heterocycles. The van der Waals surface area contributed by atoms with E-state index >= 15 is 0 Å². The number of phosphoric ester groups is 1. The van der Waals surface area contributed by atoms with Crippen LogP contribution in [0.4, 0.5) is 0 Å². The Bertz CT molecular complexity index is 669. The maximum absolute atomic E-state index is 11.9. The Hall–Kier alpha value is -1.19. The minimum Gasteiger partial charge on any atom is -0.756 e. The Balaban J connectivity index is 2.24. The fraction of sp³-hybridized carbons (Fsp3) is 0.895. The number of quaternary nitrogens is 1. The smallest absolute Gasteiger partial charge is 0.267 e. The van der Waals surface area contributed by atoms with Crippen LogP contribution >= 0.6 is 7.82 Å². The molecule has 1 unspecified atom stereocenters. The quantitative estimate of drug-likeness (QED) is 0.0862. The molecule has 1 rings (SSSR count). The van der Waals surface area contributed by atoms with Gasteiger partial charge in [0.2, 0.25) is 18.1 Å². The van der Waals surface area contributed by atoms with Crippen LogP contribution in [0, 0.1) is 0 Å². The normalized spacial score (nSPS) is 26.8. The zero-order valence-electron chi connectivity index (χ0n) is 19.8. The number of hydrogen-bond donors (Lipinski definition) is 6. The molecule has 15 heteroatoms. The number of ether oxygens (including phenoxy) is 2. The van der Waals surface area contributed by atoms with E-state index < -0.39 is 56.9 Å². The molecule has 1 heterocycles. The molecule has 6 N–H and O–H groups in total. The average molecular weight is 515 g/mol. The van der Waals surface area contributed by atoms with E-state index in [0.29, 0.717) is 6.42 Å². The van der Waals surface area contributed by atoms with Crippen LogP contribution in [0.5, 0.6) is 0 Å². The Labute approximate surface area is 199 Å². The van der Waals surface area contributed by atoms with E-state index in [1.165, 1.54) is 0 Å². The van der Waals surface area contributed by atoms with Gasteiger partial charge in [-0.25, -0.2) is 0 Å². The van der Waals surface area contributed by atoms with Crippen molar-refractivity contribution in [2.45, 2.75) is 56.8 Å². The number of nitrogens with one attached hydrogen (secondary N) is 3. The molecule has 1 aliphatic rings. The van der Waals surface area contributed by atoms with Gasteiger partial charge < -0.3 is 54.3 Å². The van der Waals surface area contributed by atoms with Gasteiger partial charge in [0, 0.05) is 25.9 Å². The van der Waals surface area contributed by atoms with E-state index in [2.05, 4.69) is 19.7 Å². The lowest BCUT2D eigenvalue weighted by molar-refractivity contribution is -0.900. The molecule has 0 saturated carbocycles. The van der Waals surface area contributed by atoms with Crippen LogP contribution in [0.1, 0.15) is 26.2 Å². The largest absolute Gasteiger partial charge is 0.756 e. The van der Waals surface area contributed by atoms with Gasteiger partial charge in [-0.05, 0) is 6.42 Å². The van der Waals surface area contributed by atoms with Crippen molar-refractivity contribution < 1.29 is 57.8 Å². The molecule has 1 aliphatic heterocycles. The third-order valence-electron chi connectivity index (χ3n) is 4.96. The molecule has 34 heavy (non-hydrogen) atoms. The second kappa shape index (κ2) is 15.7. The first-order valence-corrected chi connectivity index (χ1v) is 12.7. The topological polar surface area (TPSA) is 200 Å². The van der Waals surface area contributed by atoms with Crippen LogP contribution in [0.25, 0.3) is 0 Å². The molecule has 6 atom stereocenters. The molecule has 1 fully saturated rings. The van der Waals surface area contributed by atoms with Gasteiger partial charge in [0.05, 0.1) is 40.5 Å². The maximum Gasteiger partial charge on any atom is 0.267 e. The Morgan fingerprint density at radius 2 is 1.59 bits per heavy atom. The molecule has 0 aromatic rings. The van der Waals surface area contributed by atoms with Gasteiger partial charge in [-0.15, -0.1) is 0 Å². The Morgan fingerprint density at radius 3 is 2.12 bits per heavy atom. The lowest BCUT2D eigenvalue weighted by Gasteiger charge is -2.42. The van der Waals surface area contributed by atoms with Crippen molar-refractivity contribution in [3.8, 4) is 0 Å². The van der Waals surface area contributed by atoms with Crippen LogP contribution in [-0.4, -0.2) is 111 Å². The molecule has 14 nitrogen and oxygen atoms in total. The molecule has 0 aliphatic carbocycles. The first-order chi connectivity index (χ1) is 16.0. The summed E-state index contributed by atoms with van der Waals surface area (Å²) in [6, 6.07) is -0.602. The van der Waals surface area contributed by atoms with E-state index in [4.69, 9.17) is 9.47 Å². The highest BCUT2D eigenvalue weighted by Crippen LogP contribution is 2.37. The molecular formula is C19H38N3O11P. The summed E-state index contributed by atoms with van der Waals surface area (Å²) in [4.78, 5) is 35.8. The van der Waals surface area contributed by atoms with Gasteiger partial charge in [0.25, 0.3) is 7.82 Å². The standard InChI is InChI=1S/C19H38N3O11P/c1-4-9-31-34(28,29)32-11-8-21-15(25)6-5-14(24)20-7-10-30-19-16(22(2)3)18(27)17(26)13(12-23)33-19/h13,16-19,23,26-27H,4-12H2,1-3H3,(H,20,24)(H,21,25)(H,28,29)/t13-,16-,17+,18-,19-/m1/s1. The number of carbonyl (C=O) groups is 2. The van der Waals surface area contributed by atoms with E-state index in [-0.39, 0.29) is 45.8 Å². The summed E-state index contributed by atoms with van der Waals surface area (Å²) in [5.41, 5.74) is 0. The van der Waals surface area contributed by atoms with E-state index in [1.54, 1.807) is 21.0 Å². The van der Waals surface area contributed by atoms with Crippen molar-refractivity contribution in [2.75, 3.05) is 53.6 Å². The molecule has 2 amide bonds. The molecule has 200 valence electrons. The van der Waals surface area contributed by atoms with Crippen LogP contribution < -0.4 is 20.4 Å². The highest BCUT2D eigenvalue weighted by Gasteiger charge is 2.48. The molecule has 0 bridgehead atoms. The third kappa shape index (κ3) is 11.0. The highest BCUT2D eigenvalue weighted by molar-refractivity contribution is 7.45. The van der Waals surface area contributed by atoms with Gasteiger partial charge >= 0.3 is 0 Å². The summed E-state index contributed by atoms with van der Waals surface area (Å²) < 4.78 is 31.6. The average Bonchev–Trinajstić information content (AvgIpc) is 2.78. The highest BCUT2D eigenvalue weighted by atomic mass is 31.2. The Kier molecular flexibility index (Phi) is 14.3. The molecule has 0 aromatic carbocycles. The van der Waals surface area contributed by atoms with Crippen LogP contribution in [0.2, 0.25) is 0 Å². The van der Waals surface area contributed by atoms with Crippen molar-refractivity contribution in [3.05, 3.63) is 0 Å². The Morgan fingerprint density at radius 1 is 1.03 bits per heavy atom. The second-order valence-corrected chi connectivity index (χ2v) is 9.41. The second-order valence-electron chi connectivity index (χ2n) is 7.99. The van der Waals surface area contributed by atoms with Gasteiger partial charge in [-0.3, -0.25) is 14.2 Å². The van der Waals surface area contributed by atoms with Gasteiger partial charge in [0.1, 0.15) is 18.3 Å². The van der Waals surface area contributed by atoms with Crippen molar-refractivity contribution in [2.24, 2.45) is 0 Å². The third-order valence-corrected chi connectivity index (χ3v) is 5.96. The summed E-state index contributed by atoms with van der Waals surface area (Å²) >= 11 is 0. The predicted molar refractivity (Wildman–Crippen MR) is 115 cm³/mol. The minimum absolute atomic E-state index is 0.0203. The van der Waals surface area contributed by atoms with Crippen molar-refractivity contribution in [1.29, 1.82) is 0 Å². The van der Waals surface area contributed by atoms with Crippen LogP contribution in [0.15, 0.2) is 0 Å². The number of phosphoric acid groups is 1. The minimum atomic E-state index is -4.37. The summed E-state index contributed by atoms with van der Waals surface area (Å²) in [6.45, 7) is 1.11. The maximum atomic E-state index is 11.9. The van der Waals surface area contributed by atoms with Crippen molar-refractivity contribution >= 4 is 19.6 Å².